The molecule has 1 fully saturated rings. The highest BCUT2D eigenvalue weighted by Gasteiger charge is 2.32. The molecule has 3 rings (SSSR count). The molecule has 164 valence electrons. The van der Waals surface area contributed by atoms with Crippen LogP contribution in [0.2, 0.25) is 0 Å². The van der Waals surface area contributed by atoms with Gasteiger partial charge in [0.25, 0.3) is 0 Å². The summed E-state index contributed by atoms with van der Waals surface area (Å²) in [5.41, 5.74) is 1.31. The third-order valence-electron chi connectivity index (χ3n) is 4.83. The Morgan fingerprint density at radius 2 is 1.97 bits per heavy atom. The van der Waals surface area contributed by atoms with Crippen molar-refractivity contribution in [2.45, 2.75) is 32.8 Å². The van der Waals surface area contributed by atoms with E-state index in [9.17, 15) is 18.8 Å². The van der Waals surface area contributed by atoms with Crippen molar-refractivity contribution < 1.29 is 18.7 Å². The van der Waals surface area contributed by atoms with Gasteiger partial charge in [-0.3, -0.25) is 14.5 Å². The second kappa shape index (κ2) is 9.47. The lowest BCUT2D eigenvalue weighted by molar-refractivity contribution is -0.119. The van der Waals surface area contributed by atoms with Crippen LogP contribution in [0.25, 0.3) is 0 Å². The van der Waals surface area contributed by atoms with Crippen LogP contribution in [0.3, 0.4) is 0 Å². The summed E-state index contributed by atoms with van der Waals surface area (Å²) in [6.45, 7) is 5.75. The Hall–Kier alpha value is -2.94. The predicted octanol–water partition coefficient (Wildman–Crippen LogP) is 4.28. The number of anilines is 3. The number of amides is 2. The van der Waals surface area contributed by atoms with Crippen molar-refractivity contribution in [2.75, 3.05) is 23.3 Å². The van der Waals surface area contributed by atoms with E-state index in [2.05, 4.69) is 26.6 Å². The highest BCUT2D eigenvalue weighted by molar-refractivity contribution is 9.10. The second-order valence-corrected chi connectivity index (χ2v) is 8.41. The van der Waals surface area contributed by atoms with Crippen molar-refractivity contribution in [3.63, 3.8) is 0 Å². The smallest absolute Gasteiger partial charge is 0.414 e. The quantitative estimate of drug-likeness (QED) is 0.629. The van der Waals surface area contributed by atoms with Crippen LogP contribution >= 0.6 is 15.9 Å². The number of nitrogens with one attached hydrogen (secondary N) is 2. The van der Waals surface area contributed by atoms with Crippen LogP contribution in [-0.2, 0) is 9.53 Å². The number of carbonyl (C=O) groups is 2. The summed E-state index contributed by atoms with van der Waals surface area (Å²) in [7, 11) is 0. The van der Waals surface area contributed by atoms with E-state index < -0.39 is 18.0 Å². The lowest BCUT2D eigenvalue weighted by Gasteiger charge is -2.15. The average Bonchev–Trinajstić information content (AvgIpc) is 3.01. The Balaban J connectivity index is 1.82. The maximum Gasteiger partial charge on any atom is 0.414 e. The van der Waals surface area contributed by atoms with Crippen molar-refractivity contribution >= 4 is 45.0 Å². The van der Waals surface area contributed by atoms with Crippen molar-refractivity contribution in [3.05, 3.63) is 62.5 Å². The summed E-state index contributed by atoms with van der Waals surface area (Å²) >= 11 is 3.46. The largest absolute Gasteiger partial charge is 0.442 e. The van der Waals surface area contributed by atoms with Gasteiger partial charge in [-0.25, -0.2) is 9.18 Å². The fourth-order valence-electron chi connectivity index (χ4n) is 3.19. The Bertz CT molecular complexity index is 1080. The van der Waals surface area contributed by atoms with Crippen LogP contribution in [0.1, 0.15) is 32.3 Å². The van der Waals surface area contributed by atoms with Crippen molar-refractivity contribution in [3.8, 4) is 0 Å². The molecule has 9 heteroatoms. The summed E-state index contributed by atoms with van der Waals surface area (Å²) < 4.78 is 20.8. The first kappa shape index (κ1) is 22.7. The topological polar surface area (TPSA) is 87.7 Å². The molecule has 1 atom stereocenters. The van der Waals surface area contributed by atoms with Gasteiger partial charge in [0.1, 0.15) is 11.9 Å². The number of ether oxygens (including phenoxy) is 1. The van der Waals surface area contributed by atoms with E-state index >= 15 is 0 Å². The molecule has 1 unspecified atom stereocenters. The number of cyclic esters (lactones) is 1. The van der Waals surface area contributed by atoms with Crippen LogP contribution in [0.4, 0.5) is 26.2 Å². The van der Waals surface area contributed by atoms with Crippen molar-refractivity contribution in [1.82, 2.24) is 5.32 Å². The van der Waals surface area contributed by atoms with Gasteiger partial charge in [-0.2, -0.15) is 0 Å². The number of halogens is 2. The molecule has 0 aromatic heterocycles. The lowest BCUT2D eigenvalue weighted by Crippen LogP contribution is -2.33. The summed E-state index contributed by atoms with van der Waals surface area (Å²) in [6.07, 6.45) is -1.13. The molecule has 2 amide bonds. The molecule has 1 heterocycles. The molecule has 7 nitrogen and oxygen atoms in total. The van der Waals surface area contributed by atoms with E-state index in [1.54, 1.807) is 18.2 Å². The van der Waals surface area contributed by atoms with E-state index in [0.29, 0.717) is 5.69 Å². The zero-order valence-electron chi connectivity index (χ0n) is 17.4. The van der Waals surface area contributed by atoms with Crippen molar-refractivity contribution in [2.24, 2.45) is 0 Å². The number of nitrogens with zero attached hydrogens (tertiary/aromatic N) is 1. The van der Waals surface area contributed by atoms with Gasteiger partial charge in [-0.15, -0.1) is 0 Å². The Morgan fingerprint density at radius 1 is 1.23 bits per heavy atom. The molecule has 0 radical (unpaired) electrons. The Labute approximate surface area is 187 Å². The standard InChI is InChI=1S/C22H23BrFN3O4/c1-12(2)16-9-20(21(29)7-5-17(16)23)26-19-6-4-14(8-18(19)24)27-11-15(31-22(27)30)10-25-13(3)28/h4-9,12,15H,10-11H2,1-3H3,(H,25,28)(H,26,29). The Kier molecular flexibility index (Phi) is 6.94. The van der Waals surface area contributed by atoms with Gasteiger partial charge in [0, 0.05) is 11.4 Å². The molecule has 1 saturated heterocycles. The van der Waals surface area contributed by atoms with Gasteiger partial charge in [0.05, 0.1) is 30.2 Å². The third-order valence-corrected chi connectivity index (χ3v) is 5.55. The van der Waals surface area contributed by atoms with Gasteiger partial charge in [-0.1, -0.05) is 29.8 Å². The van der Waals surface area contributed by atoms with Crippen LogP contribution in [0, 0.1) is 5.82 Å². The molecule has 0 aliphatic carbocycles. The number of carbonyl (C=O) groups excluding carboxylic acids is 2. The van der Waals surface area contributed by atoms with Gasteiger partial charge in [-0.05, 0) is 47.9 Å². The molecule has 1 aliphatic heterocycles. The first-order valence-corrected chi connectivity index (χ1v) is 10.6. The normalized spacial score (nSPS) is 15.7. The summed E-state index contributed by atoms with van der Waals surface area (Å²) in [4.78, 5) is 36.9. The van der Waals surface area contributed by atoms with Gasteiger partial charge in [0.15, 0.2) is 0 Å². The van der Waals surface area contributed by atoms with E-state index in [4.69, 9.17) is 4.74 Å². The molecule has 2 aromatic carbocycles. The Morgan fingerprint density at radius 3 is 2.61 bits per heavy atom. The first-order chi connectivity index (χ1) is 14.7. The molecule has 0 spiro atoms. The number of rotatable bonds is 6. The van der Waals surface area contributed by atoms with E-state index in [1.165, 1.54) is 30.0 Å². The van der Waals surface area contributed by atoms with Crippen LogP contribution in [0.5, 0.6) is 0 Å². The lowest BCUT2D eigenvalue weighted by atomic mass is 10.1. The van der Waals surface area contributed by atoms with Gasteiger partial charge < -0.3 is 15.4 Å². The molecule has 2 N–H and O–H groups in total. The fraction of sp³-hybridized carbons (Fsp3) is 0.318. The van der Waals surface area contributed by atoms with E-state index in [0.717, 1.165) is 10.0 Å². The number of hydrogen-bond acceptors (Lipinski definition) is 5. The molecule has 31 heavy (non-hydrogen) atoms. The second-order valence-electron chi connectivity index (χ2n) is 7.56. The summed E-state index contributed by atoms with van der Waals surface area (Å²) in [6, 6.07) is 9.04. The van der Waals surface area contributed by atoms with Gasteiger partial charge in [0.2, 0.25) is 11.3 Å². The molecule has 2 aromatic rings. The maximum absolute atomic E-state index is 14.8. The average molecular weight is 492 g/mol. The summed E-state index contributed by atoms with van der Waals surface area (Å²) in [5, 5.41) is 5.46. The zero-order valence-corrected chi connectivity index (χ0v) is 19.0. The van der Waals surface area contributed by atoms with Crippen LogP contribution in [-0.4, -0.2) is 31.2 Å². The minimum Gasteiger partial charge on any atom is -0.442 e. The zero-order chi connectivity index (χ0) is 22.7. The summed E-state index contributed by atoms with van der Waals surface area (Å²) in [5.74, 6) is -0.692. The molecule has 1 aliphatic rings. The molecular formula is C22H23BrFN3O4. The minimum atomic E-state index is -0.619. The number of benzene rings is 1. The molecule has 0 saturated carbocycles. The van der Waals surface area contributed by atoms with Crippen molar-refractivity contribution in [1.29, 1.82) is 0 Å². The van der Waals surface area contributed by atoms with E-state index in [-0.39, 0.29) is 41.7 Å². The highest BCUT2D eigenvalue weighted by atomic mass is 79.9. The first-order valence-electron chi connectivity index (χ1n) is 9.78. The van der Waals surface area contributed by atoms with Gasteiger partial charge >= 0.3 is 6.09 Å². The number of hydrogen-bond donors (Lipinski definition) is 2. The molecular weight excluding hydrogens is 469 g/mol. The van der Waals surface area contributed by atoms with E-state index in [1.807, 2.05) is 13.8 Å². The van der Waals surface area contributed by atoms with Crippen LogP contribution < -0.4 is 21.0 Å². The highest BCUT2D eigenvalue weighted by Crippen LogP contribution is 2.29. The maximum atomic E-state index is 14.8. The molecule has 0 bridgehead atoms. The minimum absolute atomic E-state index is 0.111. The third kappa shape index (κ3) is 5.41. The van der Waals surface area contributed by atoms with Crippen LogP contribution in [0.15, 0.2) is 45.7 Å². The predicted molar refractivity (Wildman–Crippen MR) is 120 cm³/mol. The SMILES string of the molecule is CC(=O)NCC1CN(c2ccc(Nc3cc(C(C)C)c(Br)ccc3=O)c(F)c2)C(=O)O1. The fourth-order valence-corrected chi connectivity index (χ4v) is 3.89. The monoisotopic (exact) mass is 491 g/mol.